The monoisotopic (exact) mass is 231 g/mol. The molecule has 0 amide bonds. The maximum absolute atomic E-state index is 5.87. The molecule has 0 spiro atoms. The van der Waals surface area contributed by atoms with Crippen LogP contribution in [0.1, 0.15) is 0 Å². The van der Waals surface area contributed by atoms with E-state index in [9.17, 15) is 0 Å². The van der Waals surface area contributed by atoms with Gasteiger partial charge in [-0.05, 0) is 11.4 Å². The fraction of sp³-hybridized carbons (Fsp3) is 0.100. The molecule has 3 rings (SSSR count). The van der Waals surface area contributed by atoms with Crippen molar-refractivity contribution in [2.45, 2.75) is 0 Å². The first-order chi connectivity index (χ1) is 7.74. The molecule has 16 heavy (non-hydrogen) atoms. The minimum absolute atomic E-state index is 0.519. The second-order valence-electron chi connectivity index (χ2n) is 3.47. The molecular formula is C10H9N5S. The fourth-order valence-corrected chi connectivity index (χ4v) is 2.32. The summed E-state index contributed by atoms with van der Waals surface area (Å²) in [7, 11) is 1.86. The van der Waals surface area contributed by atoms with Gasteiger partial charge in [0.1, 0.15) is 10.6 Å². The van der Waals surface area contributed by atoms with Crippen LogP contribution in [0.25, 0.3) is 21.6 Å². The summed E-state index contributed by atoms with van der Waals surface area (Å²) in [6.45, 7) is 0. The van der Waals surface area contributed by atoms with Crippen LogP contribution in [0.5, 0.6) is 0 Å². The molecule has 0 saturated carbocycles. The molecule has 2 N–H and O–H groups in total. The second-order valence-corrected chi connectivity index (χ2v) is 4.37. The van der Waals surface area contributed by atoms with Crippen molar-refractivity contribution >= 4 is 27.4 Å². The molecule has 0 aromatic carbocycles. The van der Waals surface area contributed by atoms with Gasteiger partial charge >= 0.3 is 0 Å². The van der Waals surface area contributed by atoms with E-state index in [0.717, 1.165) is 15.8 Å². The summed E-state index contributed by atoms with van der Waals surface area (Å²) >= 11 is 1.56. The summed E-state index contributed by atoms with van der Waals surface area (Å²) in [5.74, 6) is 1.14. The first-order valence-corrected chi connectivity index (χ1v) is 5.62. The number of hydrogen-bond donors (Lipinski definition) is 1. The van der Waals surface area contributed by atoms with Gasteiger partial charge in [-0.15, -0.1) is 11.3 Å². The summed E-state index contributed by atoms with van der Waals surface area (Å²) in [6, 6.07) is 1.93. The highest BCUT2D eigenvalue weighted by molar-refractivity contribution is 7.16. The smallest absolute Gasteiger partial charge is 0.166 e. The number of aryl methyl sites for hydroxylation is 1. The maximum Gasteiger partial charge on any atom is 0.166 e. The molecule has 3 aromatic rings. The fourth-order valence-electron chi connectivity index (χ4n) is 1.54. The highest BCUT2D eigenvalue weighted by Crippen LogP contribution is 2.26. The SMILES string of the molecule is Cn1cc(-c2nc(N)c3ccsc3n2)cn1. The molecule has 0 atom stereocenters. The Morgan fingerprint density at radius 2 is 2.25 bits per heavy atom. The summed E-state index contributed by atoms with van der Waals surface area (Å²) < 4.78 is 1.72. The molecule has 3 heterocycles. The molecule has 0 fully saturated rings. The third-order valence-corrected chi connectivity index (χ3v) is 3.12. The predicted molar refractivity (Wildman–Crippen MR) is 64.0 cm³/mol. The Hall–Kier alpha value is -1.95. The van der Waals surface area contributed by atoms with E-state index in [4.69, 9.17) is 5.73 Å². The minimum atomic E-state index is 0.519. The van der Waals surface area contributed by atoms with Crippen LogP contribution in [0.3, 0.4) is 0 Å². The Kier molecular flexibility index (Phi) is 1.90. The van der Waals surface area contributed by atoms with E-state index < -0.39 is 0 Å². The largest absolute Gasteiger partial charge is 0.383 e. The van der Waals surface area contributed by atoms with Gasteiger partial charge in [0.25, 0.3) is 0 Å². The average molecular weight is 231 g/mol. The zero-order valence-corrected chi connectivity index (χ0v) is 9.40. The van der Waals surface area contributed by atoms with E-state index in [1.54, 1.807) is 22.2 Å². The number of hydrogen-bond acceptors (Lipinski definition) is 5. The van der Waals surface area contributed by atoms with Gasteiger partial charge < -0.3 is 5.73 Å². The first kappa shape index (κ1) is 9.29. The maximum atomic E-state index is 5.87. The Labute approximate surface area is 95.6 Å². The average Bonchev–Trinajstić information content (AvgIpc) is 2.85. The van der Waals surface area contributed by atoms with Gasteiger partial charge in [0.05, 0.1) is 17.1 Å². The van der Waals surface area contributed by atoms with E-state index >= 15 is 0 Å². The topological polar surface area (TPSA) is 69.6 Å². The van der Waals surface area contributed by atoms with Gasteiger partial charge in [0.2, 0.25) is 0 Å². The van der Waals surface area contributed by atoms with Crippen LogP contribution in [0, 0.1) is 0 Å². The zero-order valence-electron chi connectivity index (χ0n) is 8.58. The Morgan fingerprint density at radius 1 is 1.38 bits per heavy atom. The van der Waals surface area contributed by atoms with E-state index in [2.05, 4.69) is 15.1 Å². The van der Waals surface area contributed by atoms with Crippen LogP contribution in [0.4, 0.5) is 5.82 Å². The third kappa shape index (κ3) is 1.35. The molecular weight excluding hydrogens is 222 g/mol. The van der Waals surface area contributed by atoms with Crippen LogP contribution in [0.15, 0.2) is 23.8 Å². The first-order valence-electron chi connectivity index (χ1n) is 4.74. The van der Waals surface area contributed by atoms with E-state index in [-0.39, 0.29) is 0 Å². The zero-order chi connectivity index (χ0) is 11.1. The molecule has 0 aliphatic heterocycles. The van der Waals surface area contributed by atoms with Crippen LogP contribution in [0.2, 0.25) is 0 Å². The Morgan fingerprint density at radius 3 is 3.00 bits per heavy atom. The lowest BCUT2D eigenvalue weighted by Crippen LogP contribution is -1.95. The minimum Gasteiger partial charge on any atom is -0.383 e. The van der Waals surface area contributed by atoms with Crippen molar-refractivity contribution in [3.8, 4) is 11.4 Å². The summed E-state index contributed by atoms with van der Waals surface area (Å²) in [5, 5.41) is 6.97. The van der Waals surface area contributed by atoms with E-state index in [0.29, 0.717) is 11.6 Å². The lowest BCUT2D eigenvalue weighted by molar-refractivity contribution is 0.768. The number of nitrogen functional groups attached to an aromatic ring is 1. The molecule has 0 aliphatic carbocycles. The van der Waals surface area contributed by atoms with Gasteiger partial charge in [0.15, 0.2) is 5.82 Å². The summed E-state index contributed by atoms with van der Waals surface area (Å²) in [5.41, 5.74) is 6.75. The van der Waals surface area contributed by atoms with Crippen molar-refractivity contribution in [1.82, 2.24) is 19.7 Å². The number of fused-ring (bicyclic) bond motifs is 1. The predicted octanol–water partition coefficient (Wildman–Crippen LogP) is 1.67. The highest BCUT2D eigenvalue weighted by atomic mass is 32.1. The van der Waals surface area contributed by atoms with Gasteiger partial charge in [-0.3, -0.25) is 4.68 Å². The summed E-state index contributed by atoms with van der Waals surface area (Å²) in [6.07, 6.45) is 3.60. The van der Waals surface area contributed by atoms with Crippen molar-refractivity contribution in [3.05, 3.63) is 23.8 Å². The van der Waals surface area contributed by atoms with Crippen LogP contribution in [-0.2, 0) is 7.05 Å². The van der Waals surface area contributed by atoms with Crippen molar-refractivity contribution < 1.29 is 0 Å². The van der Waals surface area contributed by atoms with Gasteiger partial charge in [-0.25, -0.2) is 9.97 Å². The number of thiophene rings is 1. The van der Waals surface area contributed by atoms with Crippen molar-refractivity contribution in [2.24, 2.45) is 7.05 Å². The number of anilines is 1. The van der Waals surface area contributed by atoms with Gasteiger partial charge in [-0.2, -0.15) is 5.10 Å². The van der Waals surface area contributed by atoms with Crippen LogP contribution >= 0.6 is 11.3 Å². The lowest BCUT2D eigenvalue weighted by Gasteiger charge is -1.99. The molecule has 80 valence electrons. The number of rotatable bonds is 1. The quantitative estimate of drug-likeness (QED) is 0.691. The molecule has 0 bridgehead atoms. The van der Waals surface area contributed by atoms with Gasteiger partial charge in [-0.1, -0.05) is 0 Å². The molecule has 0 aliphatic rings. The highest BCUT2D eigenvalue weighted by Gasteiger charge is 2.09. The van der Waals surface area contributed by atoms with E-state index in [1.165, 1.54) is 0 Å². The molecule has 0 radical (unpaired) electrons. The number of nitrogens with zero attached hydrogens (tertiary/aromatic N) is 4. The van der Waals surface area contributed by atoms with Crippen molar-refractivity contribution in [1.29, 1.82) is 0 Å². The van der Waals surface area contributed by atoms with E-state index in [1.807, 2.05) is 24.7 Å². The molecule has 0 saturated heterocycles. The number of aromatic nitrogens is 4. The third-order valence-electron chi connectivity index (χ3n) is 2.32. The Bertz CT molecular complexity index is 654. The molecule has 0 unspecified atom stereocenters. The van der Waals surface area contributed by atoms with Gasteiger partial charge in [0, 0.05) is 13.2 Å². The lowest BCUT2D eigenvalue weighted by atomic mass is 10.3. The van der Waals surface area contributed by atoms with Crippen LogP contribution in [-0.4, -0.2) is 19.7 Å². The molecule has 3 aromatic heterocycles. The normalized spacial score (nSPS) is 11.1. The standard InChI is InChI=1S/C10H9N5S/c1-15-5-6(4-12-15)9-13-8(11)7-2-3-16-10(7)14-9/h2-5H,1H3,(H2,11,13,14). The number of nitrogens with two attached hydrogens (primary N) is 1. The summed E-state index contributed by atoms with van der Waals surface area (Å²) in [4.78, 5) is 9.64. The molecule has 5 nitrogen and oxygen atoms in total. The Balaban J connectivity index is 2.24. The molecule has 6 heteroatoms. The van der Waals surface area contributed by atoms with Crippen molar-refractivity contribution in [2.75, 3.05) is 5.73 Å². The van der Waals surface area contributed by atoms with Crippen molar-refractivity contribution in [3.63, 3.8) is 0 Å². The van der Waals surface area contributed by atoms with Crippen LogP contribution < -0.4 is 5.73 Å². The second kappa shape index (κ2) is 3.28.